The van der Waals surface area contributed by atoms with Gasteiger partial charge in [-0.25, -0.2) is 32.9 Å². The standard InChI is InChI=1S/C37H28F3N5O4/c1-44-21-41-18-26(44)9-6-22-5-7-24(29(38)13-22)20-49-36-4-2-3-32(43-36)28-17-30(39)25(14-31(28)40)16-35-42-33-10-8-23(37(46)47)15-34(33)45(35)19-27-11-12-48-27/h2-5,7-8,10,13-15,17-18,21,27H,11-12,16,19-20H2,1H3,(H,46,47)/t27-/m0/s1. The van der Waals surface area contributed by atoms with Crippen LogP contribution in [0, 0.1) is 29.3 Å². The molecule has 0 radical (unpaired) electrons. The number of halogens is 3. The van der Waals surface area contributed by atoms with E-state index in [1.54, 1.807) is 47.4 Å². The van der Waals surface area contributed by atoms with Gasteiger partial charge in [-0.05, 0) is 66.4 Å². The molecule has 3 aromatic carbocycles. The molecule has 0 amide bonds. The van der Waals surface area contributed by atoms with E-state index in [-0.39, 0.29) is 53.0 Å². The molecule has 9 nitrogen and oxygen atoms in total. The predicted octanol–water partition coefficient (Wildman–Crippen LogP) is 6.31. The smallest absolute Gasteiger partial charge is 0.335 e. The fraction of sp³-hybridized carbons (Fsp3) is 0.189. The molecule has 49 heavy (non-hydrogen) atoms. The van der Waals surface area contributed by atoms with E-state index in [0.29, 0.717) is 41.3 Å². The van der Waals surface area contributed by atoms with E-state index in [4.69, 9.17) is 9.47 Å². The van der Waals surface area contributed by atoms with Crippen molar-refractivity contribution in [2.45, 2.75) is 32.1 Å². The van der Waals surface area contributed by atoms with E-state index >= 15 is 8.78 Å². The van der Waals surface area contributed by atoms with E-state index in [9.17, 15) is 14.3 Å². The van der Waals surface area contributed by atoms with Crippen LogP contribution in [-0.4, -0.2) is 47.9 Å². The van der Waals surface area contributed by atoms with Gasteiger partial charge in [0.15, 0.2) is 0 Å². The number of nitrogens with zero attached hydrogens (tertiary/aromatic N) is 5. The van der Waals surface area contributed by atoms with Crippen LogP contribution in [-0.2, 0) is 31.4 Å². The van der Waals surface area contributed by atoms with Crippen molar-refractivity contribution in [3.63, 3.8) is 0 Å². The summed E-state index contributed by atoms with van der Waals surface area (Å²) >= 11 is 0. The minimum Gasteiger partial charge on any atom is -0.478 e. The van der Waals surface area contributed by atoms with Crippen molar-refractivity contribution in [3.05, 3.63) is 130 Å². The third-order valence-electron chi connectivity index (χ3n) is 8.32. The Hall–Kier alpha value is -5.93. The highest BCUT2D eigenvalue weighted by Gasteiger charge is 2.24. The molecule has 1 aliphatic heterocycles. The van der Waals surface area contributed by atoms with Gasteiger partial charge in [-0.2, -0.15) is 0 Å². The first-order valence-electron chi connectivity index (χ1n) is 15.4. The Bertz CT molecular complexity index is 2280. The van der Waals surface area contributed by atoms with Gasteiger partial charge in [0.05, 0.1) is 47.5 Å². The molecule has 0 spiro atoms. The Kier molecular flexibility index (Phi) is 8.59. The highest BCUT2D eigenvalue weighted by atomic mass is 19.1. The SMILES string of the molecule is Cn1cncc1C#Cc1ccc(COc2cccc(-c3cc(F)c(Cc4nc5ccc(C(=O)O)cc5n4C[C@@H]4CCO4)cc3F)n2)c(F)c1. The maximum Gasteiger partial charge on any atom is 0.335 e. The Morgan fingerprint density at radius 3 is 2.57 bits per heavy atom. The van der Waals surface area contributed by atoms with E-state index in [2.05, 4.69) is 26.8 Å². The number of pyridine rings is 1. The van der Waals surface area contributed by atoms with Gasteiger partial charge in [0, 0.05) is 42.8 Å². The van der Waals surface area contributed by atoms with Crippen molar-refractivity contribution in [3.8, 4) is 29.0 Å². The van der Waals surface area contributed by atoms with Crippen molar-refractivity contribution < 1.29 is 32.5 Å². The number of hydrogen-bond acceptors (Lipinski definition) is 6. The average molecular weight is 664 g/mol. The van der Waals surface area contributed by atoms with Gasteiger partial charge < -0.3 is 23.7 Å². The van der Waals surface area contributed by atoms with E-state index < -0.39 is 23.4 Å². The van der Waals surface area contributed by atoms with E-state index in [1.807, 2.05) is 11.6 Å². The lowest BCUT2D eigenvalue weighted by Gasteiger charge is -2.27. The average Bonchev–Trinajstić information content (AvgIpc) is 3.64. The Labute approximate surface area is 278 Å². The van der Waals surface area contributed by atoms with Crippen LogP contribution in [0.2, 0.25) is 0 Å². The second-order valence-corrected chi connectivity index (χ2v) is 11.6. The lowest BCUT2D eigenvalue weighted by Crippen LogP contribution is -2.31. The van der Waals surface area contributed by atoms with Crippen LogP contribution in [0.4, 0.5) is 13.2 Å². The Morgan fingerprint density at radius 2 is 1.84 bits per heavy atom. The summed E-state index contributed by atoms with van der Waals surface area (Å²) in [6.07, 6.45) is 3.95. The zero-order valence-corrected chi connectivity index (χ0v) is 26.2. The molecule has 246 valence electrons. The summed E-state index contributed by atoms with van der Waals surface area (Å²) in [5.74, 6) is 3.46. The van der Waals surface area contributed by atoms with Gasteiger partial charge in [-0.15, -0.1) is 0 Å². The van der Waals surface area contributed by atoms with Crippen molar-refractivity contribution in [1.29, 1.82) is 0 Å². The van der Waals surface area contributed by atoms with E-state index in [0.717, 1.165) is 18.6 Å². The Balaban J connectivity index is 1.09. The zero-order chi connectivity index (χ0) is 34.1. The van der Waals surface area contributed by atoms with Gasteiger partial charge >= 0.3 is 5.97 Å². The van der Waals surface area contributed by atoms with Crippen LogP contribution in [0.5, 0.6) is 5.88 Å². The minimum absolute atomic E-state index is 0.0390. The van der Waals surface area contributed by atoms with Gasteiger partial charge in [0.25, 0.3) is 0 Å². The summed E-state index contributed by atoms with van der Waals surface area (Å²) in [6, 6.07) is 16.0. The molecule has 6 aromatic rings. The number of fused-ring (bicyclic) bond motifs is 1. The van der Waals surface area contributed by atoms with Crippen molar-refractivity contribution in [2.24, 2.45) is 7.05 Å². The summed E-state index contributed by atoms with van der Waals surface area (Å²) in [4.78, 5) is 24.6. The molecule has 12 heteroatoms. The normalized spacial score (nSPS) is 13.9. The number of rotatable bonds is 9. The lowest BCUT2D eigenvalue weighted by molar-refractivity contribution is -0.0589. The predicted molar refractivity (Wildman–Crippen MR) is 173 cm³/mol. The summed E-state index contributed by atoms with van der Waals surface area (Å²) in [7, 11) is 1.81. The van der Waals surface area contributed by atoms with Crippen LogP contribution in [0.3, 0.4) is 0 Å². The number of carboxylic acid groups (broad SMARTS) is 1. The van der Waals surface area contributed by atoms with Crippen LogP contribution in [0.1, 0.15) is 45.0 Å². The maximum atomic E-state index is 15.6. The molecule has 3 aromatic heterocycles. The molecule has 0 saturated carbocycles. The van der Waals surface area contributed by atoms with Gasteiger partial charge in [-0.3, -0.25) is 0 Å². The number of ether oxygens (including phenoxy) is 2. The largest absolute Gasteiger partial charge is 0.478 e. The minimum atomic E-state index is -1.08. The molecule has 1 fully saturated rings. The first kappa shape index (κ1) is 31.7. The van der Waals surface area contributed by atoms with Gasteiger partial charge in [0.2, 0.25) is 5.88 Å². The van der Waals surface area contributed by atoms with Gasteiger partial charge in [-0.1, -0.05) is 18.1 Å². The molecule has 0 bridgehead atoms. The number of aryl methyl sites for hydroxylation is 1. The van der Waals surface area contributed by atoms with Crippen LogP contribution in [0.15, 0.2) is 79.3 Å². The molecule has 1 atom stereocenters. The molecular weight excluding hydrogens is 635 g/mol. The molecule has 1 N–H and O–H groups in total. The number of benzene rings is 3. The topological polar surface area (TPSA) is 104 Å². The number of carboxylic acids is 1. The van der Waals surface area contributed by atoms with Crippen molar-refractivity contribution in [1.82, 2.24) is 24.1 Å². The molecule has 7 rings (SSSR count). The number of hydrogen-bond donors (Lipinski definition) is 1. The molecule has 1 aliphatic rings. The Morgan fingerprint density at radius 1 is 1.00 bits per heavy atom. The monoisotopic (exact) mass is 663 g/mol. The molecule has 0 unspecified atom stereocenters. The maximum absolute atomic E-state index is 15.6. The fourth-order valence-corrected chi connectivity index (χ4v) is 5.52. The van der Waals surface area contributed by atoms with Crippen molar-refractivity contribution in [2.75, 3.05) is 6.61 Å². The number of aromatic carboxylic acids is 1. The third-order valence-corrected chi connectivity index (χ3v) is 8.32. The van der Waals surface area contributed by atoms with Gasteiger partial charge in [0.1, 0.15) is 35.6 Å². The number of imidazole rings is 2. The second-order valence-electron chi connectivity index (χ2n) is 11.6. The quantitative estimate of drug-likeness (QED) is 0.181. The van der Waals surface area contributed by atoms with Crippen LogP contribution in [0.25, 0.3) is 22.3 Å². The first-order chi connectivity index (χ1) is 23.7. The molecule has 4 heterocycles. The van der Waals surface area contributed by atoms with Crippen molar-refractivity contribution >= 4 is 17.0 Å². The number of carbonyl (C=O) groups is 1. The summed E-state index contributed by atoms with van der Waals surface area (Å²) in [5.41, 5.74) is 2.81. The third kappa shape index (κ3) is 6.75. The second kappa shape index (κ2) is 13.3. The highest BCUT2D eigenvalue weighted by Crippen LogP contribution is 2.29. The summed E-state index contributed by atoms with van der Waals surface area (Å²) < 4.78 is 60.9. The summed E-state index contributed by atoms with van der Waals surface area (Å²) in [6.45, 7) is 0.887. The van der Waals surface area contributed by atoms with Crippen LogP contribution < -0.4 is 4.74 Å². The lowest BCUT2D eigenvalue weighted by atomic mass is 10.0. The fourth-order valence-electron chi connectivity index (χ4n) is 5.52. The summed E-state index contributed by atoms with van der Waals surface area (Å²) in [5, 5.41) is 9.49. The number of aromatic nitrogens is 5. The first-order valence-corrected chi connectivity index (χ1v) is 15.4. The zero-order valence-electron chi connectivity index (χ0n) is 26.2. The molecular formula is C37H28F3N5O4. The van der Waals surface area contributed by atoms with E-state index in [1.165, 1.54) is 24.3 Å². The highest BCUT2D eigenvalue weighted by molar-refractivity contribution is 5.92. The molecule has 0 aliphatic carbocycles. The van der Waals surface area contributed by atoms with Crippen LogP contribution >= 0.6 is 0 Å². The molecule has 1 saturated heterocycles.